The van der Waals surface area contributed by atoms with Gasteiger partial charge in [-0.2, -0.15) is 0 Å². The Morgan fingerprint density at radius 1 is 0.824 bits per heavy atom. The fourth-order valence-corrected chi connectivity index (χ4v) is 4.27. The van der Waals surface area contributed by atoms with Crippen LogP contribution in [0.15, 0.2) is 53.2 Å². The van der Waals surface area contributed by atoms with Gasteiger partial charge >= 0.3 is 0 Å². The first-order valence-electron chi connectivity index (χ1n) is 12.6. The Kier molecular flexibility index (Phi) is 8.54. The summed E-state index contributed by atoms with van der Waals surface area (Å²) in [5, 5.41) is 17.0. The molecular weight excluding hydrogens is 422 g/mol. The summed E-state index contributed by atoms with van der Waals surface area (Å²) in [5.41, 5.74) is 5.78. The highest BCUT2D eigenvalue weighted by molar-refractivity contribution is 5.85. The van der Waals surface area contributed by atoms with E-state index in [9.17, 15) is 0 Å². The van der Waals surface area contributed by atoms with Crippen LogP contribution >= 0.6 is 0 Å². The largest absolute Gasteiger partial charge is 0.248 e. The Hall–Kier alpha value is -3.35. The van der Waals surface area contributed by atoms with E-state index in [-0.39, 0.29) is 0 Å². The molecule has 0 unspecified atom stereocenters. The van der Waals surface area contributed by atoms with Gasteiger partial charge in [0.1, 0.15) is 17.4 Å². The second kappa shape index (κ2) is 12.2. The monoisotopic (exact) mass is 457 g/mol. The Bertz CT molecular complexity index is 1250. The first kappa shape index (κ1) is 23.8. The van der Waals surface area contributed by atoms with Crippen molar-refractivity contribution in [2.24, 2.45) is 12.0 Å². The quantitative estimate of drug-likeness (QED) is 0.130. The van der Waals surface area contributed by atoms with Crippen molar-refractivity contribution in [2.45, 2.75) is 71.1 Å². The van der Waals surface area contributed by atoms with Crippen LogP contribution in [-0.2, 0) is 7.05 Å². The topological polar surface area (TPSA) is 73.8 Å². The van der Waals surface area contributed by atoms with E-state index in [1.165, 1.54) is 51.4 Å². The fourth-order valence-electron chi connectivity index (χ4n) is 4.27. The van der Waals surface area contributed by atoms with E-state index in [4.69, 9.17) is 4.99 Å². The van der Waals surface area contributed by atoms with Gasteiger partial charge < -0.3 is 0 Å². The molecule has 2 aromatic carbocycles. The molecule has 0 saturated heterocycles. The van der Waals surface area contributed by atoms with Gasteiger partial charge in [0.25, 0.3) is 0 Å². The van der Waals surface area contributed by atoms with Crippen LogP contribution < -0.4 is 0 Å². The number of rotatable bonds is 13. The molecule has 0 saturated carbocycles. The third-order valence-electron chi connectivity index (χ3n) is 6.24. The molecule has 0 aliphatic rings. The number of benzene rings is 2. The molecule has 0 aliphatic carbocycles. The van der Waals surface area contributed by atoms with E-state index < -0.39 is 0 Å². The molecule has 0 amide bonds. The fraction of sp³-hybridized carbons (Fsp3) is 0.444. The first-order valence-corrected chi connectivity index (χ1v) is 12.6. The molecule has 0 radical (unpaired) electrons. The molecule has 0 aliphatic heterocycles. The molecule has 0 fully saturated rings. The molecule has 0 spiro atoms. The zero-order valence-corrected chi connectivity index (χ0v) is 20.4. The highest BCUT2D eigenvalue weighted by Gasteiger charge is 2.07. The van der Waals surface area contributed by atoms with Gasteiger partial charge in [0.05, 0.1) is 11.0 Å². The van der Waals surface area contributed by atoms with E-state index in [2.05, 4.69) is 39.7 Å². The molecular formula is C27H35N7. The molecule has 4 rings (SSSR count). The van der Waals surface area contributed by atoms with Crippen molar-refractivity contribution in [1.29, 1.82) is 0 Å². The van der Waals surface area contributed by atoms with E-state index >= 15 is 0 Å². The van der Waals surface area contributed by atoms with Crippen LogP contribution in [0.2, 0.25) is 0 Å². The summed E-state index contributed by atoms with van der Waals surface area (Å²) in [7, 11) is 1.92. The number of aromatic nitrogens is 6. The van der Waals surface area contributed by atoms with Gasteiger partial charge in [-0.25, -0.2) is 14.4 Å². The maximum Gasteiger partial charge on any atom is 0.120 e. The summed E-state index contributed by atoms with van der Waals surface area (Å²) in [4.78, 5) is 4.83. The van der Waals surface area contributed by atoms with Crippen molar-refractivity contribution in [2.75, 3.05) is 0 Å². The van der Waals surface area contributed by atoms with Crippen molar-refractivity contribution in [1.82, 2.24) is 30.0 Å². The number of hydrogen-bond acceptors (Lipinski definition) is 5. The molecule has 34 heavy (non-hydrogen) atoms. The van der Waals surface area contributed by atoms with Crippen molar-refractivity contribution >= 4 is 34.5 Å². The summed E-state index contributed by atoms with van der Waals surface area (Å²) in [6, 6.07) is 14.1. The van der Waals surface area contributed by atoms with Crippen LogP contribution in [0.1, 0.15) is 76.7 Å². The average molecular weight is 458 g/mol. The van der Waals surface area contributed by atoms with Gasteiger partial charge in [0, 0.05) is 18.3 Å². The highest BCUT2D eigenvalue weighted by Crippen LogP contribution is 2.22. The molecule has 7 heteroatoms. The SMILES string of the molecule is CCCCCCCCCCCC(=Cc1cccc2c1nnn2C)N=Cn1nnc2ccccc21. The molecule has 2 aromatic heterocycles. The van der Waals surface area contributed by atoms with Gasteiger partial charge in [0.2, 0.25) is 0 Å². The van der Waals surface area contributed by atoms with Crippen LogP contribution in [0.4, 0.5) is 0 Å². The molecule has 0 N–H and O–H groups in total. The predicted octanol–water partition coefficient (Wildman–Crippen LogP) is 6.55. The lowest BCUT2D eigenvalue weighted by molar-refractivity contribution is 0.564. The standard InChI is InChI=1S/C27H35N7/c1-3-4-5-6-7-8-9-10-11-16-23(20-22-15-14-19-26-27(22)30-31-33(26)2)28-21-34-25-18-13-12-17-24(25)29-32-34/h12-15,17-21H,3-11,16H2,1-2H3. The minimum absolute atomic E-state index is 0.864. The first-order chi connectivity index (χ1) is 16.8. The van der Waals surface area contributed by atoms with Crippen molar-refractivity contribution < 1.29 is 0 Å². The molecule has 2 heterocycles. The lowest BCUT2D eigenvalue weighted by Gasteiger charge is -2.05. The number of allylic oxidation sites excluding steroid dienone is 1. The molecule has 7 nitrogen and oxygen atoms in total. The lowest BCUT2D eigenvalue weighted by Crippen LogP contribution is -1.98. The van der Waals surface area contributed by atoms with Gasteiger partial charge in [-0.1, -0.05) is 93.0 Å². The number of para-hydroxylation sites is 1. The van der Waals surface area contributed by atoms with E-state index in [0.717, 1.165) is 46.2 Å². The van der Waals surface area contributed by atoms with Gasteiger partial charge in [-0.3, -0.25) is 0 Å². The Morgan fingerprint density at radius 2 is 1.56 bits per heavy atom. The maximum absolute atomic E-state index is 4.83. The Morgan fingerprint density at radius 3 is 2.38 bits per heavy atom. The van der Waals surface area contributed by atoms with Gasteiger partial charge in [0.15, 0.2) is 0 Å². The van der Waals surface area contributed by atoms with E-state index in [1.54, 1.807) is 15.7 Å². The van der Waals surface area contributed by atoms with Gasteiger partial charge in [-0.15, -0.1) is 10.2 Å². The summed E-state index contributed by atoms with van der Waals surface area (Å²) >= 11 is 0. The van der Waals surface area contributed by atoms with Crippen molar-refractivity contribution in [3.8, 4) is 0 Å². The molecule has 0 atom stereocenters. The maximum atomic E-state index is 4.83. The zero-order chi connectivity index (χ0) is 23.6. The number of aryl methyl sites for hydroxylation is 1. The molecule has 0 bridgehead atoms. The summed E-state index contributed by atoms with van der Waals surface area (Å²) in [5.74, 6) is 0. The number of nitrogens with zero attached hydrogens (tertiary/aromatic N) is 7. The van der Waals surface area contributed by atoms with Crippen LogP contribution in [0, 0.1) is 0 Å². The van der Waals surface area contributed by atoms with Crippen LogP contribution in [0.5, 0.6) is 0 Å². The second-order valence-corrected chi connectivity index (χ2v) is 8.91. The minimum atomic E-state index is 0.864. The third-order valence-corrected chi connectivity index (χ3v) is 6.24. The van der Waals surface area contributed by atoms with Crippen LogP contribution in [-0.4, -0.2) is 36.3 Å². The average Bonchev–Trinajstić information content (AvgIpc) is 3.45. The normalized spacial score (nSPS) is 12.5. The summed E-state index contributed by atoms with van der Waals surface area (Å²) in [6.07, 6.45) is 16.6. The summed E-state index contributed by atoms with van der Waals surface area (Å²) in [6.45, 7) is 2.27. The highest BCUT2D eigenvalue weighted by atomic mass is 15.4. The Balaban J connectivity index is 1.45. The van der Waals surface area contributed by atoms with Crippen molar-refractivity contribution in [3.05, 3.63) is 53.7 Å². The minimum Gasteiger partial charge on any atom is -0.248 e. The third kappa shape index (κ3) is 6.16. The van der Waals surface area contributed by atoms with Crippen molar-refractivity contribution in [3.63, 3.8) is 0 Å². The lowest BCUT2D eigenvalue weighted by atomic mass is 10.0. The summed E-state index contributed by atoms with van der Waals surface area (Å²) < 4.78 is 3.54. The number of fused-ring (bicyclic) bond motifs is 2. The number of aliphatic imine (C=N–C) groups is 1. The number of hydrogen-bond donors (Lipinski definition) is 0. The molecule has 178 valence electrons. The van der Waals surface area contributed by atoms with Gasteiger partial charge in [-0.05, 0) is 37.1 Å². The van der Waals surface area contributed by atoms with E-state index in [1.807, 2.05) is 43.4 Å². The van der Waals surface area contributed by atoms with Crippen LogP contribution in [0.25, 0.3) is 28.1 Å². The second-order valence-electron chi connectivity index (χ2n) is 8.91. The predicted molar refractivity (Wildman–Crippen MR) is 140 cm³/mol. The zero-order valence-electron chi connectivity index (χ0n) is 20.4. The molecule has 4 aromatic rings. The Labute approximate surface area is 201 Å². The van der Waals surface area contributed by atoms with E-state index in [0.29, 0.717) is 0 Å². The number of unbranched alkanes of at least 4 members (excludes halogenated alkanes) is 8. The van der Waals surface area contributed by atoms with Crippen LogP contribution in [0.3, 0.4) is 0 Å². The smallest absolute Gasteiger partial charge is 0.120 e.